The molecule has 1 aliphatic rings. The van der Waals surface area contributed by atoms with Gasteiger partial charge in [-0.05, 0) is 26.0 Å². The third kappa shape index (κ3) is 3.96. The molecule has 150 valence electrons. The van der Waals surface area contributed by atoms with Crippen LogP contribution < -0.4 is 15.1 Å². The van der Waals surface area contributed by atoms with Crippen LogP contribution in [0.2, 0.25) is 0 Å². The maximum Gasteiger partial charge on any atom is 0.248 e. The first-order valence-corrected chi connectivity index (χ1v) is 9.17. The van der Waals surface area contributed by atoms with Crippen molar-refractivity contribution in [3.05, 3.63) is 47.4 Å². The number of carbonyl (C=O) groups is 2. The van der Waals surface area contributed by atoms with Gasteiger partial charge in [-0.1, -0.05) is 17.3 Å². The maximum atomic E-state index is 12.7. The van der Waals surface area contributed by atoms with E-state index in [1.807, 2.05) is 54.2 Å². The number of fused-ring (bicyclic) bond motifs is 1. The van der Waals surface area contributed by atoms with E-state index in [0.29, 0.717) is 17.5 Å². The maximum absolute atomic E-state index is 12.7. The van der Waals surface area contributed by atoms with E-state index in [1.165, 1.54) is 0 Å². The van der Waals surface area contributed by atoms with Gasteiger partial charge in [0, 0.05) is 26.9 Å². The number of nitriles is 1. The number of nitrogens with zero attached hydrogens (tertiary/aromatic N) is 5. The van der Waals surface area contributed by atoms with E-state index < -0.39 is 6.04 Å². The lowest BCUT2D eigenvalue weighted by Crippen LogP contribution is -2.28. The number of Topliss-reactive ketones (excluding diaryl/α,β-unsaturated/α-hetero) is 1. The molecule has 2 aromatic rings. The first-order valence-electron chi connectivity index (χ1n) is 9.17. The molecular formula is C20H22N6O3. The first kappa shape index (κ1) is 20.1. The van der Waals surface area contributed by atoms with E-state index in [-0.39, 0.29) is 30.1 Å². The zero-order valence-electron chi connectivity index (χ0n) is 16.8. The van der Waals surface area contributed by atoms with Crippen LogP contribution in [0.5, 0.6) is 0 Å². The molecule has 0 radical (unpaired) electrons. The van der Waals surface area contributed by atoms with Crippen molar-refractivity contribution in [3.8, 4) is 6.07 Å². The molecular weight excluding hydrogens is 372 g/mol. The molecule has 1 aromatic heterocycles. The van der Waals surface area contributed by atoms with Crippen LogP contribution in [0, 0.1) is 18.3 Å². The molecule has 2 heterocycles. The van der Waals surface area contributed by atoms with Crippen LogP contribution >= 0.6 is 0 Å². The monoisotopic (exact) mass is 394 g/mol. The minimum absolute atomic E-state index is 0.0274. The predicted octanol–water partition coefficient (Wildman–Crippen LogP) is 2.23. The van der Waals surface area contributed by atoms with E-state index in [9.17, 15) is 14.9 Å². The number of benzene rings is 1. The lowest BCUT2D eigenvalue weighted by Gasteiger charge is -2.20. The zero-order valence-corrected chi connectivity index (χ0v) is 16.8. The normalized spacial score (nSPS) is 13.7. The van der Waals surface area contributed by atoms with Gasteiger partial charge in [0.15, 0.2) is 11.6 Å². The summed E-state index contributed by atoms with van der Waals surface area (Å²) < 4.78 is 5.03. The summed E-state index contributed by atoms with van der Waals surface area (Å²) >= 11 is 0. The molecule has 29 heavy (non-hydrogen) atoms. The summed E-state index contributed by atoms with van der Waals surface area (Å²) in [6.07, 6.45) is -0.124. The van der Waals surface area contributed by atoms with Gasteiger partial charge in [0.25, 0.3) is 0 Å². The average Bonchev–Trinajstić information content (AvgIpc) is 3.24. The van der Waals surface area contributed by atoms with Gasteiger partial charge in [0.2, 0.25) is 11.8 Å². The molecule has 0 bridgehead atoms. The number of hydrogen-bond acceptors (Lipinski definition) is 8. The minimum atomic E-state index is -0.464. The fourth-order valence-electron chi connectivity index (χ4n) is 3.27. The summed E-state index contributed by atoms with van der Waals surface area (Å²) in [4.78, 5) is 32.6. The number of nitrogens with one attached hydrogen (secondary N) is 1. The number of hydrogen-bond donors (Lipinski definition) is 1. The van der Waals surface area contributed by atoms with Crippen LogP contribution in [0.4, 0.5) is 11.4 Å². The molecule has 1 N–H and O–H groups in total. The number of anilines is 2. The second-order valence-electron chi connectivity index (χ2n) is 6.81. The number of carbonyl (C=O) groups excluding carboxylic acids is 2. The standard InChI is InChI=1S/C20H22N6O3/c1-12(19-23-13(2)24-29-19)22-18(28)10-9-17(27)14(11-21)20-25(3)15-7-5-6-8-16(15)26(20)4/h5-8,12H,9-10H2,1-4H3,(H,22,28). The molecule has 1 unspecified atom stereocenters. The number of aryl methyl sites for hydroxylation is 1. The molecule has 0 spiro atoms. The molecule has 3 rings (SSSR count). The third-order valence-corrected chi connectivity index (χ3v) is 4.72. The van der Waals surface area contributed by atoms with Crippen LogP contribution in [0.25, 0.3) is 0 Å². The second-order valence-corrected chi connectivity index (χ2v) is 6.81. The van der Waals surface area contributed by atoms with Gasteiger partial charge in [0.05, 0.1) is 11.4 Å². The highest BCUT2D eigenvalue weighted by molar-refractivity contribution is 6.03. The summed E-state index contributed by atoms with van der Waals surface area (Å²) in [5.74, 6) is 0.570. The molecule has 0 aliphatic carbocycles. The fraction of sp³-hybridized carbons (Fsp3) is 0.350. The molecule has 1 aliphatic heterocycles. The number of ketones is 1. The van der Waals surface area contributed by atoms with Crippen LogP contribution in [0.3, 0.4) is 0 Å². The van der Waals surface area contributed by atoms with E-state index in [0.717, 1.165) is 11.4 Å². The Hall–Kier alpha value is -3.67. The van der Waals surface area contributed by atoms with Crippen LogP contribution in [-0.4, -0.2) is 35.9 Å². The Morgan fingerprint density at radius 1 is 1.21 bits per heavy atom. The zero-order chi connectivity index (χ0) is 21.1. The number of allylic oxidation sites excluding steroid dienone is 1. The highest BCUT2D eigenvalue weighted by Gasteiger charge is 2.31. The van der Waals surface area contributed by atoms with Gasteiger partial charge >= 0.3 is 0 Å². The Kier molecular flexibility index (Phi) is 5.64. The minimum Gasteiger partial charge on any atom is -0.345 e. The molecule has 0 saturated carbocycles. The molecule has 0 fully saturated rings. The quantitative estimate of drug-likeness (QED) is 0.586. The summed E-state index contributed by atoms with van der Waals surface area (Å²) in [5.41, 5.74) is 1.85. The molecule has 1 amide bonds. The second kappa shape index (κ2) is 8.14. The lowest BCUT2D eigenvalue weighted by molar-refractivity contribution is -0.124. The largest absolute Gasteiger partial charge is 0.345 e. The van der Waals surface area contributed by atoms with Gasteiger partial charge in [-0.3, -0.25) is 9.59 Å². The summed E-state index contributed by atoms with van der Waals surface area (Å²) in [5, 5.41) is 16.0. The van der Waals surface area contributed by atoms with Gasteiger partial charge in [-0.15, -0.1) is 0 Å². The molecule has 9 nitrogen and oxygen atoms in total. The van der Waals surface area contributed by atoms with E-state index in [1.54, 1.807) is 13.8 Å². The number of rotatable bonds is 6. The lowest BCUT2D eigenvalue weighted by atomic mass is 10.1. The van der Waals surface area contributed by atoms with Gasteiger partial charge < -0.3 is 19.6 Å². The van der Waals surface area contributed by atoms with Crippen molar-refractivity contribution < 1.29 is 14.1 Å². The van der Waals surface area contributed by atoms with Crippen molar-refractivity contribution >= 4 is 23.1 Å². The van der Waals surface area contributed by atoms with Crippen LogP contribution in [0.15, 0.2) is 40.2 Å². The van der Waals surface area contributed by atoms with Crippen molar-refractivity contribution in [2.75, 3.05) is 23.9 Å². The van der Waals surface area contributed by atoms with Crippen molar-refractivity contribution in [3.63, 3.8) is 0 Å². The Morgan fingerprint density at radius 2 is 1.83 bits per heavy atom. The molecule has 0 saturated heterocycles. The highest BCUT2D eigenvalue weighted by Crippen LogP contribution is 2.40. The molecule has 1 atom stereocenters. The molecule has 9 heteroatoms. The van der Waals surface area contributed by atoms with E-state index in [2.05, 4.69) is 15.5 Å². The van der Waals surface area contributed by atoms with Gasteiger partial charge in [-0.2, -0.15) is 10.2 Å². The fourth-order valence-corrected chi connectivity index (χ4v) is 3.27. The summed E-state index contributed by atoms with van der Waals surface area (Å²) in [6, 6.07) is 9.19. The van der Waals surface area contributed by atoms with E-state index >= 15 is 0 Å². The number of aromatic nitrogens is 2. The average molecular weight is 394 g/mol. The highest BCUT2D eigenvalue weighted by atomic mass is 16.5. The van der Waals surface area contributed by atoms with Crippen molar-refractivity contribution in [1.29, 1.82) is 5.26 Å². The van der Waals surface area contributed by atoms with Gasteiger partial charge in [0.1, 0.15) is 23.5 Å². The summed E-state index contributed by atoms with van der Waals surface area (Å²) in [6.45, 7) is 3.40. The smallest absolute Gasteiger partial charge is 0.248 e. The van der Waals surface area contributed by atoms with Crippen molar-refractivity contribution in [2.24, 2.45) is 0 Å². The van der Waals surface area contributed by atoms with Gasteiger partial charge in [-0.25, -0.2) is 0 Å². The van der Waals surface area contributed by atoms with Crippen LogP contribution in [0.1, 0.15) is 37.5 Å². The third-order valence-electron chi connectivity index (χ3n) is 4.72. The predicted molar refractivity (Wildman–Crippen MR) is 106 cm³/mol. The van der Waals surface area contributed by atoms with E-state index in [4.69, 9.17) is 4.52 Å². The van der Waals surface area contributed by atoms with Crippen molar-refractivity contribution in [2.45, 2.75) is 32.7 Å². The Morgan fingerprint density at radius 3 is 2.34 bits per heavy atom. The SMILES string of the molecule is Cc1noc(C(C)NC(=O)CCC(=O)C(C#N)=C2N(C)c3ccccc3N2C)n1. The first-order chi connectivity index (χ1) is 13.8. The molecule has 1 aromatic carbocycles. The van der Waals surface area contributed by atoms with Crippen LogP contribution in [-0.2, 0) is 9.59 Å². The Bertz CT molecular complexity index is 988. The number of amides is 1. The topological polar surface area (TPSA) is 115 Å². The van der Waals surface area contributed by atoms with Crippen molar-refractivity contribution in [1.82, 2.24) is 15.5 Å². The summed E-state index contributed by atoms with van der Waals surface area (Å²) in [7, 11) is 3.62. The Balaban J connectivity index is 1.67. The Labute approximate surface area is 168 Å². The number of para-hydroxylation sites is 2.